The number of benzene rings is 1. The van der Waals surface area contributed by atoms with Crippen molar-refractivity contribution in [1.29, 1.82) is 0 Å². The molecule has 2 N–H and O–H groups in total. The van der Waals surface area contributed by atoms with Crippen LogP contribution >= 0.6 is 11.6 Å². The fourth-order valence-electron chi connectivity index (χ4n) is 1.87. The lowest BCUT2D eigenvalue weighted by molar-refractivity contribution is 0.414. The molecule has 4 heteroatoms. The van der Waals surface area contributed by atoms with Gasteiger partial charge in [-0.3, -0.25) is 4.98 Å². The van der Waals surface area contributed by atoms with Crippen molar-refractivity contribution in [3.63, 3.8) is 0 Å². The Bertz CT molecular complexity index is 511. The minimum atomic E-state index is -0.0700. The third kappa shape index (κ3) is 3.94. The predicted molar refractivity (Wildman–Crippen MR) is 77.5 cm³/mol. The molecule has 0 amide bonds. The average molecular weight is 277 g/mol. The zero-order valence-corrected chi connectivity index (χ0v) is 11.6. The van der Waals surface area contributed by atoms with Crippen molar-refractivity contribution in [2.75, 3.05) is 7.11 Å². The van der Waals surface area contributed by atoms with Crippen LogP contribution in [0.5, 0.6) is 5.75 Å². The van der Waals surface area contributed by atoms with Crippen LogP contribution in [-0.4, -0.2) is 12.1 Å². The lowest BCUT2D eigenvalue weighted by Gasteiger charge is -2.11. The molecular formula is C15H17ClN2O. The molecule has 0 fully saturated rings. The first-order valence-electron chi connectivity index (χ1n) is 6.19. The summed E-state index contributed by atoms with van der Waals surface area (Å²) in [6.07, 6.45) is 3.39. The molecule has 0 aliphatic heterocycles. The molecule has 0 saturated carbocycles. The summed E-state index contributed by atoms with van der Waals surface area (Å²) >= 11 is 5.80. The SMILES string of the molecule is COc1ccc(CCC(N)c2ccc(Cl)cn2)cc1. The van der Waals surface area contributed by atoms with E-state index in [0.29, 0.717) is 5.02 Å². The summed E-state index contributed by atoms with van der Waals surface area (Å²) in [6, 6.07) is 11.7. The molecule has 0 radical (unpaired) electrons. The van der Waals surface area contributed by atoms with Crippen LogP contribution in [0.4, 0.5) is 0 Å². The van der Waals surface area contributed by atoms with Crippen LogP contribution in [0.1, 0.15) is 23.7 Å². The smallest absolute Gasteiger partial charge is 0.118 e. The number of halogens is 1. The second-order valence-corrected chi connectivity index (χ2v) is 4.83. The Morgan fingerprint density at radius 2 is 1.95 bits per heavy atom. The molecular weight excluding hydrogens is 260 g/mol. The maximum Gasteiger partial charge on any atom is 0.118 e. The minimum absolute atomic E-state index is 0.0700. The number of ether oxygens (including phenoxy) is 1. The Labute approximate surface area is 118 Å². The molecule has 1 aromatic carbocycles. The van der Waals surface area contributed by atoms with Crippen molar-refractivity contribution in [2.24, 2.45) is 5.73 Å². The van der Waals surface area contributed by atoms with Crippen LogP contribution in [0.15, 0.2) is 42.6 Å². The summed E-state index contributed by atoms with van der Waals surface area (Å²) < 4.78 is 5.13. The second kappa shape index (κ2) is 6.55. The van der Waals surface area contributed by atoms with Crippen LogP contribution < -0.4 is 10.5 Å². The topological polar surface area (TPSA) is 48.1 Å². The maximum atomic E-state index is 6.12. The van der Waals surface area contributed by atoms with Crippen molar-refractivity contribution in [3.8, 4) is 5.75 Å². The van der Waals surface area contributed by atoms with E-state index in [0.717, 1.165) is 24.3 Å². The molecule has 100 valence electrons. The van der Waals surface area contributed by atoms with Crippen LogP contribution in [0, 0.1) is 0 Å². The number of methoxy groups -OCH3 is 1. The third-order valence-corrected chi connectivity index (χ3v) is 3.26. The van der Waals surface area contributed by atoms with Gasteiger partial charge in [0.1, 0.15) is 5.75 Å². The molecule has 19 heavy (non-hydrogen) atoms. The van der Waals surface area contributed by atoms with Gasteiger partial charge in [0.2, 0.25) is 0 Å². The van der Waals surface area contributed by atoms with Gasteiger partial charge in [-0.15, -0.1) is 0 Å². The van der Waals surface area contributed by atoms with Gasteiger partial charge < -0.3 is 10.5 Å². The molecule has 0 saturated heterocycles. The second-order valence-electron chi connectivity index (χ2n) is 4.39. The van der Waals surface area contributed by atoms with E-state index in [4.69, 9.17) is 22.1 Å². The summed E-state index contributed by atoms with van der Waals surface area (Å²) in [5.74, 6) is 0.868. The van der Waals surface area contributed by atoms with Crippen molar-refractivity contribution < 1.29 is 4.74 Å². The predicted octanol–water partition coefficient (Wildman–Crippen LogP) is 3.38. The van der Waals surface area contributed by atoms with Crippen LogP contribution in [0.3, 0.4) is 0 Å². The van der Waals surface area contributed by atoms with Crippen molar-refractivity contribution in [1.82, 2.24) is 4.98 Å². The minimum Gasteiger partial charge on any atom is -0.497 e. The van der Waals surface area contributed by atoms with Crippen LogP contribution in [0.25, 0.3) is 0 Å². The van der Waals surface area contributed by atoms with Gasteiger partial charge in [0.15, 0.2) is 0 Å². The van der Waals surface area contributed by atoms with Crippen LogP contribution in [-0.2, 0) is 6.42 Å². The quantitative estimate of drug-likeness (QED) is 0.911. The van der Waals surface area contributed by atoms with Gasteiger partial charge in [-0.2, -0.15) is 0 Å². The molecule has 0 spiro atoms. The first kappa shape index (κ1) is 13.8. The van der Waals surface area contributed by atoms with Gasteiger partial charge in [0.05, 0.1) is 17.8 Å². The number of hydrogen-bond acceptors (Lipinski definition) is 3. The lowest BCUT2D eigenvalue weighted by Crippen LogP contribution is -2.12. The fourth-order valence-corrected chi connectivity index (χ4v) is 1.98. The first-order valence-corrected chi connectivity index (χ1v) is 6.57. The molecule has 0 bridgehead atoms. The monoisotopic (exact) mass is 276 g/mol. The van der Waals surface area contributed by atoms with E-state index in [-0.39, 0.29) is 6.04 Å². The highest BCUT2D eigenvalue weighted by Gasteiger charge is 2.07. The number of rotatable bonds is 5. The molecule has 0 aliphatic rings. The van der Waals surface area contributed by atoms with E-state index in [2.05, 4.69) is 17.1 Å². The van der Waals surface area contributed by atoms with Crippen molar-refractivity contribution in [3.05, 3.63) is 58.9 Å². The molecule has 1 heterocycles. The molecule has 2 rings (SSSR count). The van der Waals surface area contributed by atoms with Gasteiger partial charge in [-0.25, -0.2) is 0 Å². The maximum absolute atomic E-state index is 6.12. The third-order valence-electron chi connectivity index (χ3n) is 3.03. The highest BCUT2D eigenvalue weighted by molar-refractivity contribution is 6.30. The Kier molecular flexibility index (Phi) is 4.77. The Morgan fingerprint density at radius 1 is 1.21 bits per heavy atom. The van der Waals surface area contributed by atoms with Gasteiger partial charge in [0, 0.05) is 12.2 Å². The highest BCUT2D eigenvalue weighted by Crippen LogP contribution is 2.18. The number of aromatic nitrogens is 1. The summed E-state index contributed by atoms with van der Waals surface area (Å²) in [5, 5.41) is 0.631. The van der Waals surface area contributed by atoms with E-state index in [9.17, 15) is 0 Å². The number of nitrogens with two attached hydrogens (primary N) is 1. The van der Waals surface area contributed by atoms with E-state index >= 15 is 0 Å². The summed E-state index contributed by atoms with van der Waals surface area (Å²) in [7, 11) is 1.66. The van der Waals surface area contributed by atoms with E-state index in [1.165, 1.54) is 5.56 Å². The molecule has 1 aromatic heterocycles. The lowest BCUT2D eigenvalue weighted by atomic mass is 10.0. The molecule has 3 nitrogen and oxygen atoms in total. The van der Waals surface area contributed by atoms with Crippen LogP contribution in [0.2, 0.25) is 5.02 Å². The Hall–Kier alpha value is -1.58. The van der Waals surface area contributed by atoms with Crippen molar-refractivity contribution >= 4 is 11.6 Å². The fraction of sp³-hybridized carbons (Fsp3) is 0.267. The van der Waals surface area contributed by atoms with E-state index in [1.807, 2.05) is 24.3 Å². The molecule has 1 unspecified atom stereocenters. The largest absolute Gasteiger partial charge is 0.497 e. The van der Waals surface area contributed by atoms with Crippen molar-refractivity contribution in [2.45, 2.75) is 18.9 Å². The summed E-state index contributed by atoms with van der Waals surface area (Å²) in [6.45, 7) is 0. The van der Waals surface area contributed by atoms with Gasteiger partial charge >= 0.3 is 0 Å². The Morgan fingerprint density at radius 3 is 2.53 bits per heavy atom. The van der Waals surface area contributed by atoms with Gasteiger partial charge in [0.25, 0.3) is 0 Å². The number of hydrogen-bond donors (Lipinski definition) is 1. The zero-order valence-electron chi connectivity index (χ0n) is 10.8. The van der Waals surface area contributed by atoms with E-state index < -0.39 is 0 Å². The van der Waals surface area contributed by atoms with Gasteiger partial charge in [-0.05, 0) is 42.7 Å². The Balaban J connectivity index is 1.92. The zero-order chi connectivity index (χ0) is 13.7. The highest BCUT2D eigenvalue weighted by atomic mass is 35.5. The number of pyridine rings is 1. The normalized spacial score (nSPS) is 12.2. The number of aryl methyl sites for hydroxylation is 1. The first-order chi connectivity index (χ1) is 9.19. The van der Waals surface area contributed by atoms with Gasteiger partial charge in [-0.1, -0.05) is 23.7 Å². The number of nitrogens with zero attached hydrogens (tertiary/aromatic N) is 1. The standard InChI is InChI=1S/C15H17ClN2O/c1-19-13-6-2-11(3-7-13)4-8-14(17)15-9-5-12(16)10-18-15/h2-3,5-7,9-10,14H,4,8,17H2,1H3. The molecule has 0 aliphatic carbocycles. The van der Waals surface area contributed by atoms with E-state index in [1.54, 1.807) is 13.3 Å². The molecule has 2 aromatic rings. The molecule has 1 atom stereocenters. The summed E-state index contributed by atoms with van der Waals surface area (Å²) in [4.78, 5) is 4.24. The average Bonchev–Trinajstić information content (AvgIpc) is 2.46. The summed E-state index contributed by atoms with van der Waals surface area (Å²) in [5.41, 5.74) is 8.23.